The summed E-state index contributed by atoms with van der Waals surface area (Å²) >= 11 is 3.46. The second-order valence-corrected chi connectivity index (χ2v) is 4.99. The zero-order chi connectivity index (χ0) is 13.9. The molecule has 3 aromatic rings. The zero-order valence-electron chi connectivity index (χ0n) is 10.9. The lowest BCUT2D eigenvalue weighted by molar-refractivity contribution is 0.294. The normalized spacial score (nSPS) is 10.7. The Kier molecular flexibility index (Phi) is 3.60. The van der Waals surface area contributed by atoms with Crippen molar-refractivity contribution < 1.29 is 9.47 Å². The fourth-order valence-electron chi connectivity index (χ4n) is 1.98. The maximum absolute atomic E-state index is 5.75. The van der Waals surface area contributed by atoms with Crippen LogP contribution in [0.5, 0.6) is 11.5 Å². The van der Waals surface area contributed by atoms with Gasteiger partial charge in [-0.2, -0.15) is 0 Å². The number of benzene rings is 1. The van der Waals surface area contributed by atoms with Crippen molar-refractivity contribution in [3.05, 3.63) is 59.1 Å². The maximum Gasteiger partial charge on any atom is 0.152 e. The molecule has 0 N–H and O–H groups in total. The molecule has 1 aromatic carbocycles. The highest BCUT2D eigenvalue weighted by atomic mass is 79.9. The number of halogens is 1. The quantitative estimate of drug-likeness (QED) is 0.731. The van der Waals surface area contributed by atoms with Crippen LogP contribution < -0.4 is 9.47 Å². The minimum Gasteiger partial charge on any atom is -0.497 e. The second kappa shape index (κ2) is 5.54. The van der Waals surface area contributed by atoms with E-state index in [4.69, 9.17) is 9.47 Å². The van der Waals surface area contributed by atoms with Crippen LogP contribution in [-0.4, -0.2) is 16.5 Å². The van der Waals surface area contributed by atoms with Gasteiger partial charge >= 0.3 is 0 Å². The number of rotatable bonds is 4. The molecule has 2 heterocycles. The van der Waals surface area contributed by atoms with Crippen LogP contribution >= 0.6 is 15.9 Å². The van der Waals surface area contributed by atoms with E-state index in [-0.39, 0.29) is 0 Å². The predicted octanol–water partition coefficient (Wildman–Crippen LogP) is 3.68. The Morgan fingerprint density at radius 3 is 2.60 bits per heavy atom. The lowest BCUT2D eigenvalue weighted by Crippen LogP contribution is -2.01. The van der Waals surface area contributed by atoms with Crippen LogP contribution in [0, 0.1) is 0 Å². The van der Waals surface area contributed by atoms with Gasteiger partial charge in [0.1, 0.15) is 22.7 Å². The Balaban J connectivity index is 1.79. The van der Waals surface area contributed by atoms with Gasteiger partial charge in [-0.1, -0.05) is 6.07 Å². The highest BCUT2D eigenvalue weighted by molar-refractivity contribution is 9.10. The van der Waals surface area contributed by atoms with Crippen molar-refractivity contribution in [1.29, 1.82) is 0 Å². The predicted molar refractivity (Wildman–Crippen MR) is 80.2 cm³/mol. The third-order valence-corrected chi connectivity index (χ3v) is 3.59. The monoisotopic (exact) mass is 332 g/mol. The Morgan fingerprint density at radius 1 is 1.10 bits per heavy atom. The second-order valence-electron chi connectivity index (χ2n) is 4.24. The molecule has 0 aliphatic rings. The molecule has 102 valence electrons. The number of aromatic nitrogens is 2. The molecule has 0 saturated carbocycles. The van der Waals surface area contributed by atoms with E-state index in [1.807, 2.05) is 53.1 Å². The fraction of sp³-hybridized carbons (Fsp3) is 0.133. The number of ether oxygens (including phenoxy) is 2. The number of fused-ring (bicyclic) bond motifs is 1. The molecular weight excluding hydrogens is 320 g/mol. The SMILES string of the molecule is COc1ccc(OCc2nc(Br)c3ccccn23)cc1. The minimum atomic E-state index is 0.406. The third-order valence-electron chi connectivity index (χ3n) is 3.00. The van der Waals surface area contributed by atoms with Gasteiger partial charge in [-0.05, 0) is 52.3 Å². The summed E-state index contributed by atoms with van der Waals surface area (Å²) in [4.78, 5) is 4.47. The average Bonchev–Trinajstić information content (AvgIpc) is 2.83. The molecule has 0 atom stereocenters. The molecule has 0 saturated heterocycles. The van der Waals surface area contributed by atoms with Crippen LogP contribution in [0.25, 0.3) is 5.52 Å². The van der Waals surface area contributed by atoms with Gasteiger partial charge < -0.3 is 9.47 Å². The molecule has 20 heavy (non-hydrogen) atoms. The number of methoxy groups -OCH3 is 1. The third kappa shape index (κ3) is 2.49. The topological polar surface area (TPSA) is 35.8 Å². The van der Waals surface area contributed by atoms with Crippen molar-refractivity contribution in [2.24, 2.45) is 0 Å². The lowest BCUT2D eigenvalue weighted by Gasteiger charge is -2.06. The van der Waals surface area contributed by atoms with Gasteiger partial charge in [-0.3, -0.25) is 4.40 Å². The summed E-state index contributed by atoms with van der Waals surface area (Å²) < 4.78 is 13.7. The summed E-state index contributed by atoms with van der Waals surface area (Å²) in [6.45, 7) is 0.406. The first-order valence-electron chi connectivity index (χ1n) is 6.16. The van der Waals surface area contributed by atoms with E-state index in [0.717, 1.165) is 27.4 Å². The Hall–Kier alpha value is -2.01. The Labute approximate surface area is 125 Å². The molecule has 3 rings (SSSR count). The lowest BCUT2D eigenvalue weighted by atomic mass is 10.3. The zero-order valence-corrected chi connectivity index (χ0v) is 12.5. The summed E-state index contributed by atoms with van der Waals surface area (Å²) in [7, 11) is 1.64. The molecule has 0 aliphatic heterocycles. The van der Waals surface area contributed by atoms with Crippen LogP contribution in [0.2, 0.25) is 0 Å². The van der Waals surface area contributed by atoms with Gasteiger partial charge in [0.15, 0.2) is 5.82 Å². The number of pyridine rings is 1. The molecule has 2 aromatic heterocycles. The average molecular weight is 333 g/mol. The molecule has 5 heteroatoms. The van der Waals surface area contributed by atoms with Crippen molar-refractivity contribution in [2.75, 3.05) is 7.11 Å². The Bertz CT molecular complexity index is 722. The maximum atomic E-state index is 5.75. The Morgan fingerprint density at radius 2 is 1.85 bits per heavy atom. The standard InChI is InChI=1S/C15H13BrN2O2/c1-19-11-5-7-12(8-6-11)20-10-14-17-15(16)13-4-2-3-9-18(13)14/h2-9H,10H2,1H3. The van der Waals surface area contributed by atoms with Crippen molar-refractivity contribution >= 4 is 21.4 Å². The fourth-order valence-corrected chi connectivity index (χ4v) is 2.51. The highest BCUT2D eigenvalue weighted by Gasteiger charge is 2.08. The van der Waals surface area contributed by atoms with Gasteiger partial charge in [0, 0.05) is 6.20 Å². The number of hydrogen-bond acceptors (Lipinski definition) is 3. The van der Waals surface area contributed by atoms with E-state index >= 15 is 0 Å². The van der Waals surface area contributed by atoms with E-state index in [9.17, 15) is 0 Å². The molecule has 0 unspecified atom stereocenters. The molecule has 0 fully saturated rings. The van der Waals surface area contributed by atoms with E-state index < -0.39 is 0 Å². The molecule has 0 amide bonds. The smallest absolute Gasteiger partial charge is 0.152 e. The van der Waals surface area contributed by atoms with Crippen molar-refractivity contribution in [1.82, 2.24) is 9.38 Å². The number of imidazole rings is 1. The molecule has 0 radical (unpaired) electrons. The van der Waals surface area contributed by atoms with Crippen molar-refractivity contribution in [2.45, 2.75) is 6.61 Å². The van der Waals surface area contributed by atoms with Gasteiger partial charge in [-0.25, -0.2) is 4.98 Å². The summed E-state index contributed by atoms with van der Waals surface area (Å²) in [5.74, 6) is 2.45. The molecule has 0 spiro atoms. The molecule has 4 nitrogen and oxygen atoms in total. The largest absolute Gasteiger partial charge is 0.497 e. The summed E-state index contributed by atoms with van der Waals surface area (Å²) in [5, 5.41) is 0. The van der Waals surface area contributed by atoms with E-state index in [0.29, 0.717) is 6.61 Å². The van der Waals surface area contributed by atoms with Crippen LogP contribution in [-0.2, 0) is 6.61 Å². The number of hydrogen-bond donors (Lipinski definition) is 0. The first kappa shape index (κ1) is 13.0. The first-order chi connectivity index (χ1) is 9.78. The number of nitrogens with zero attached hydrogens (tertiary/aromatic N) is 2. The van der Waals surface area contributed by atoms with Gasteiger partial charge in [0.05, 0.1) is 12.6 Å². The van der Waals surface area contributed by atoms with Crippen molar-refractivity contribution in [3.8, 4) is 11.5 Å². The minimum absolute atomic E-state index is 0.406. The molecular formula is C15H13BrN2O2. The first-order valence-corrected chi connectivity index (χ1v) is 6.95. The molecule has 0 bridgehead atoms. The van der Waals surface area contributed by atoms with Crippen LogP contribution in [0.1, 0.15) is 5.82 Å². The van der Waals surface area contributed by atoms with Crippen LogP contribution in [0.3, 0.4) is 0 Å². The van der Waals surface area contributed by atoms with Gasteiger partial charge in [0.25, 0.3) is 0 Å². The summed E-state index contributed by atoms with van der Waals surface area (Å²) in [6.07, 6.45) is 1.97. The highest BCUT2D eigenvalue weighted by Crippen LogP contribution is 2.21. The van der Waals surface area contributed by atoms with Crippen molar-refractivity contribution in [3.63, 3.8) is 0 Å². The van der Waals surface area contributed by atoms with Crippen LogP contribution in [0.15, 0.2) is 53.3 Å². The van der Waals surface area contributed by atoms with E-state index in [2.05, 4.69) is 20.9 Å². The van der Waals surface area contributed by atoms with E-state index in [1.54, 1.807) is 7.11 Å². The summed E-state index contributed by atoms with van der Waals surface area (Å²) in [6, 6.07) is 13.5. The molecule has 0 aliphatic carbocycles. The van der Waals surface area contributed by atoms with Crippen LogP contribution in [0.4, 0.5) is 0 Å². The van der Waals surface area contributed by atoms with Gasteiger partial charge in [0.2, 0.25) is 0 Å². The summed E-state index contributed by atoms with van der Waals surface area (Å²) in [5.41, 5.74) is 1.03. The van der Waals surface area contributed by atoms with Gasteiger partial charge in [-0.15, -0.1) is 0 Å². The van der Waals surface area contributed by atoms with E-state index in [1.165, 1.54) is 0 Å².